The SMILES string of the molecule is CCOC(=O)CN1CC[n+]2c(C)csc21.[Br-]. The molecule has 1 aromatic rings. The molecule has 0 N–H and O–H groups in total. The standard InChI is InChI=1S/C10H15N2O2S.BrH/c1-3-14-9(13)6-11-4-5-12-8(2)7-15-10(11)12;/h7H,3-6H2,1-2H3;1H/q+1;/p-1. The Balaban J connectivity index is 0.00000128. The fraction of sp³-hybridized carbons (Fsp3) is 0.600. The third-order valence-corrected chi connectivity index (χ3v) is 3.63. The molecule has 4 nitrogen and oxygen atoms in total. The van der Waals surface area contributed by atoms with Gasteiger partial charge in [-0.1, -0.05) is 11.3 Å². The molecule has 1 aliphatic heterocycles. The number of hydrogen-bond acceptors (Lipinski definition) is 4. The highest BCUT2D eigenvalue weighted by atomic mass is 79.9. The van der Waals surface area contributed by atoms with Crippen LogP contribution in [0.3, 0.4) is 0 Å². The summed E-state index contributed by atoms with van der Waals surface area (Å²) in [5.74, 6) is -0.142. The monoisotopic (exact) mass is 306 g/mol. The maximum Gasteiger partial charge on any atom is 0.348 e. The van der Waals surface area contributed by atoms with E-state index in [0.717, 1.165) is 13.1 Å². The van der Waals surface area contributed by atoms with Gasteiger partial charge in [0.2, 0.25) is 0 Å². The summed E-state index contributed by atoms with van der Waals surface area (Å²) in [7, 11) is 0. The number of fused-ring (bicyclic) bond motifs is 1. The predicted molar refractivity (Wildman–Crippen MR) is 58.1 cm³/mol. The molecule has 2 rings (SSSR count). The van der Waals surface area contributed by atoms with Crippen LogP contribution in [0.15, 0.2) is 5.38 Å². The van der Waals surface area contributed by atoms with E-state index in [4.69, 9.17) is 4.74 Å². The smallest absolute Gasteiger partial charge is 0.348 e. The topological polar surface area (TPSA) is 33.4 Å². The lowest BCUT2D eigenvalue weighted by atomic mass is 10.5. The molecule has 0 saturated heterocycles. The molecule has 0 atom stereocenters. The molecular formula is C10H15BrN2O2S. The van der Waals surface area contributed by atoms with Crippen molar-refractivity contribution >= 4 is 22.4 Å². The van der Waals surface area contributed by atoms with Crippen molar-refractivity contribution in [2.75, 3.05) is 24.6 Å². The fourth-order valence-corrected chi connectivity index (χ4v) is 2.83. The molecule has 0 radical (unpaired) electrons. The second-order valence-corrected chi connectivity index (χ2v) is 4.37. The van der Waals surface area contributed by atoms with E-state index in [1.54, 1.807) is 11.3 Å². The second kappa shape index (κ2) is 5.63. The zero-order chi connectivity index (χ0) is 10.8. The number of hydrogen-bond donors (Lipinski definition) is 0. The molecule has 0 fully saturated rings. The Kier molecular flexibility index (Phi) is 4.73. The number of carbonyl (C=O) groups is 1. The van der Waals surface area contributed by atoms with Crippen LogP contribution in [0.4, 0.5) is 5.13 Å². The molecule has 2 heterocycles. The third kappa shape index (κ3) is 2.55. The molecule has 0 aliphatic carbocycles. The van der Waals surface area contributed by atoms with E-state index in [1.165, 1.54) is 10.8 Å². The van der Waals surface area contributed by atoms with E-state index in [2.05, 4.69) is 21.8 Å². The number of rotatable bonds is 3. The number of aromatic nitrogens is 1. The van der Waals surface area contributed by atoms with Gasteiger partial charge in [0.1, 0.15) is 18.8 Å². The van der Waals surface area contributed by atoms with E-state index in [-0.39, 0.29) is 23.0 Å². The van der Waals surface area contributed by atoms with E-state index >= 15 is 0 Å². The summed E-state index contributed by atoms with van der Waals surface area (Å²) >= 11 is 1.69. The number of anilines is 1. The quantitative estimate of drug-likeness (QED) is 0.467. The number of thiazole rings is 1. The van der Waals surface area contributed by atoms with Gasteiger partial charge in [-0.3, -0.25) is 0 Å². The number of ether oxygens (including phenoxy) is 1. The van der Waals surface area contributed by atoms with Crippen LogP contribution in [-0.2, 0) is 16.1 Å². The summed E-state index contributed by atoms with van der Waals surface area (Å²) in [6, 6.07) is 0. The van der Waals surface area contributed by atoms with Crippen LogP contribution in [0.2, 0.25) is 0 Å². The molecule has 6 heteroatoms. The number of carbonyl (C=O) groups excluding carboxylic acids is 1. The van der Waals surface area contributed by atoms with E-state index in [1.807, 2.05) is 6.92 Å². The zero-order valence-corrected chi connectivity index (χ0v) is 11.8. The molecule has 0 amide bonds. The van der Waals surface area contributed by atoms with Crippen LogP contribution in [0.5, 0.6) is 0 Å². The van der Waals surface area contributed by atoms with Crippen molar-refractivity contribution in [1.82, 2.24) is 0 Å². The van der Waals surface area contributed by atoms with Crippen LogP contribution < -0.4 is 26.4 Å². The van der Waals surface area contributed by atoms with E-state index in [0.29, 0.717) is 13.2 Å². The highest BCUT2D eigenvalue weighted by Crippen LogP contribution is 2.21. The summed E-state index contributed by atoms with van der Waals surface area (Å²) in [5.41, 5.74) is 1.27. The maximum atomic E-state index is 11.3. The second-order valence-electron chi connectivity index (χ2n) is 3.54. The minimum Gasteiger partial charge on any atom is -1.00 e. The van der Waals surface area contributed by atoms with Crippen LogP contribution in [0.25, 0.3) is 0 Å². The summed E-state index contributed by atoms with van der Waals surface area (Å²) in [6.07, 6.45) is 0. The van der Waals surface area contributed by atoms with Crippen molar-refractivity contribution in [3.05, 3.63) is 11.1 Å². The number of aryl methyl sites for hydroxylation is 1. The maximum absolute atomic E-state index is 11.3. The number of nitrogens with zero attached hydrogens (tertiary/aromatic N) is 2. The predicted octanol–water partition coefficient (Wildman–Crippen LogP) is -2.27. The lowest BCUT2D eigenvalue weighted by Gasteiger charge is -2.06. The molecule has 1 aliphatic rings. The van der Waals surface area contributed by atoms with Crippen molar-refractivity contribution in [3.8, 4) is 0 Å². The Morgan fingerprint density at radius 2 is 2.44 bits per heavy atom. The van der Waals surface area contributed by atoms with Crippen LogP contribution in [0, 0.1) is 6.92 Å². The third-order valence-electron chi connectivity index (χ3n) is 2.48. The Morgan fingerprint density at radius 3 is 3.12 bits per heavy atom. The Labute approximate surface area is 110 Å². The Morgan fingerprint density at radius 1 is 1.69 bits per heavy atom. The van der Waals surface area contributed by atoms with Crippen molar-refractivity contribution in [1.29, 1.82) is 0 Å². The summed E-state index contributed by atoms with van der Waals surface area (Å²) < 4.78 is 7.18. The van der Waals surface area contributed by atoms with Gasteiger partial charge in [-0.15, -0.1) is 0 Å². The number of esters is 1. The Bertz CT molecular complexity index is 381. The fourth-order valence-electron chi connectivity index (χ4n) is 1.76. The molecular weight excluding hydrogens is 292 g/mol. The van der Waals surface area contributed by atoms with Gasteiger partial charge in [-0.25, -0.2) is 14.3 Å². The van der Waals surface area contributed by atoms with E-state index < -0.39 is 0 Å². The lowest BCUT2D eigenvalue weighted by molar-refractivity contribution is -0.673. The highest BCUT2D eigenvalue weighted by Gasteiger charge is 2.32. The minimum absolute atomic E-state index is 0. The van der Waals surface area contributed by atoms with E-state index in [9.17, 15) is 4.79 Å². The van der Waals surface area contributed by atoms with Gasteiger partial charge in [0.05, 0.1) is 6.61 Å². The minimum atomic E-state index is -0.142. The first-order valence-corrected chi connectivity index (χ1v) is 5.99. The average molecular weight is 307 g/mol. The molecule has 0 saturated carbocycles. The first-order chi connectivity index (χ1) is 7.22. The van der Waals surface area contributed by atoms with Crippen LogP contribution in [-0.4, -0.2) is 25.7 Å². The summed E-state index contributed by atoms with van der Waals surface area (Å²) in [4.78, 5) is 13.4. The largest absolute Gasteiger partial charge is 1.00 e. The van der Waals surface area contributed by atoms with Gasteiger partial charge in [-0.2, -0.15) is 0 Å². The summed E-state index contributed by atoms with van der Waals surface area (Å²) in [6.45, 7) is 6.63. The van der Waals surface area contributed by atoms with Crippen molar-refractivity contribution < 1.29 is 31.1 Å². The first kappa shape index (κ1) is 13.4. The molecule has 0 spiro atoms. The van der Waals surface area contributed by atoms with Gasteiger partial charge < -0.3 is 21.7 Å². The van der Waals surface area contributed by atoms with Crippen molar-refractivity contribution in [3.63, 3.8) is 0 Å². The molecule has 16 heavy (non-hydrogen) atoms. The van der Waals surface area contributed by atoms with Gasteiger partial charge in [0.25, 0.3) is 0 Å². The van der Waals surface area contributed by atoms with Crippen LogP contribution in [0.1, 0.15) is 12.6 Å². The number of halogens is 1. The first-order valence-electron chi connectivity index (χ1n) is 5.11. The van der Waals surface area contributed by atoms with Crippen molar-refractivity contribution in [2.24, 2.45) is 0 Å². The summed E-state index contributed by atoms with van der Waals surface area (Å²) in [5, 5.41) is 3.28. The highest BCUT2D eigenvalue weighted by molar-refractivity contribution is 7.13. The molecule has 0 bridgehead atoms. The zero-order valence-electron chi connectivity index (χ0n) is 9.40. The van der Waals surface area contributed by atoms with Crippen LogP contribution >= 0.6 is 11.3 Å². The molecule has 0 aromatic carbocycles. The van der Waals surface area contributed by atoms with Gasteiger partial charge in [-0.05, 0) is 13.8 Å². The Hall–Kier alpha value is -0.620. The van der Waals surface area contributed by atoms with Gasteiger partial charge in [0.15, 0.2) is 6.54 Å². The average Bonchev–Trinajstić information content (AvgIpc) is 2.72. The molecule has 90 valence electrons. The molecule has 0 unspecified atom stereocenters. The van der Waals surface area contributed by atoms with Crippen molar-refractivity contribution in [2.45, 2.75) is 20.4 Å². The lowest BCUT2D eigenvalue weighted by Crippen LogP contribution is -3.00. The van der Waals surface area contributed by atoms with Gasteiger partial charge >= 0.3 is 11.1 Å². The normalized spacial score (nSPS) is 13.2. The van der Waals surface area contributed by atoms with Gasteiger partial charge in [0, 0.05) is 5.38 Å². The molecule has 1 aromatic heterocycles.